The average molecular weight is 319 g/mol. The number of aryl methyl sites for hydroxylation is 1. The number of carbonyl (C=O) groups excluding carboxylic acids is 1. The molecule has 5 nitrogen and oxygen atoms in total. The molecule has 1 saturated carbocycles. The lowest BCUT2D eigenvalue weighted by Crippen LogP contribution is -2.29. The number of hydrogen-bond donors (Lipinski definition) is 1. The number of hydrogen-bond acceptors (Lipinski definition) is 3. The van der Waals surface area contributed by atoms with Crippen molar-refractivity contribution in [2.75, 3.05) is 6.54 Å². The smallest absolute Gasteiger partial charge is 0.223 e. The Bertz CT molecular complexity index is 670. The molecular weight excluding hydrogens is 300 g/mol. The Morgan fingerprint density at radius 2 is 2.27 bits per heavy atom. The molecule has 1 aliphatic carbocycles. The van der Waals surface area contributed by atoms with E-state index in [0.29, 0.717) is 13.1 Å². The Hall–Kier alpha value is -1.88. The number of rotatable bonds is 6. The molecule has 1 fully saturated rings. The van der Waals surface area contributed by atoms with Crippen LogP contribution in [0.5, 0.6) is 0 Å². The number of nitrogens with one attached hydrogen (secondary N) is 1. The monoisotopic (exact) mass is 318 g/mol. The first kappa shape index (κ1) is 15.0. The summed E-state index contributed by atoms with van der Waals surface area (Å²) in [6, 6.07) is 7.76. The lowest BCUT2D eigenvalue weighted by molar-refractivity contribution is -0.122. The fourth-order valence-electron chi connectivity index (χ4n) is 2.77. The molecule has 2 aromatic rings. The second-order valence-corrected chi connectivity index (χ2v) is 5.96. The maximum absolute atomic E-state index is 12.2. The van der Waals surface area contributed by atoms with Gasteiger partial charge in [-0.1, -0.05) is 36.7 Å². The van der Waals surface area contributed by atoms with Gasteiger partial charge in [0.25, 0.3) is 0 Å². The third-order valence-corrected chi connectivity index (χ3v) is 4.44. The van der Waals surface area contributed by atoms with E-state index in [0.717, 1.165) is 29.3 Å². The minimum atomic E-state index is 0.0476. The van der Waals surface area contributed by atoms with Gasteiger partial charge < -0.3 is 9.88 Å². The number of nitrogens with zero attached hydrogens (tertiary/aromatic N) is 3. The Labute approximate surface area is 134 Å². The minimum Gasteiger partial charge on any atom is -0.354 e. The van der Waals surface area contributed by atoms with Crippen molar-refractivity contribution in [2.24, 2.45) is 5.92 Å². The normalized spacial score (nSPS) is 19.9. The number of aromatic nitrogens is 3. The van der Waals surface area contributed by atoms with E-state index < -0.39 is 0 Å². The van der Waals surface area contributed by atoms with E-state index in [2.05, 4.69) is 15.5 Å². The van der Waals surface area contributed by atoms with Crippen molar-refractivity contribution in [3.8, 4) is 0 Å². The zero-order valence-corrected chi connectivity index (χ0v) is 13.3. The molecule has 22 heavy (non-hydrogen) atoms. The zero-order valence-electron chi connectivity index (χ0n) is 12.5. The van der Waals surface area contributed by atoms with Gasteiger partial charge in [0.2, 0.25) is 5.91 Å². The van der Waals surface area contributed by atoms with E-state index >= 15 is 0 Å². The number of halogens is 1. The summed E-state index contributed by atoms with van der Waals surface area (Å²) >= 11 is 6.19. The largest absolute Gasteiger partial charge is 0.354 e. The van der Waals surface area contributed by atoms with Crippen LogP contribution in [0.25, 0.3) is 0 Å². The van der Waals surface area contributed by atoms with E-state index in [1.54, 1.807) is 6.33 Å². The SMILES string of the molecule is CCc1nncn1CCNC(=O)[C@@H]1C[C@H]1c1ccccc1Cl. The molecule has 2 atom stereocenters. The van der Waals surface area contributed by atoms with Gasteiger partial charge in [0.1, 0.15) is 12.2 Å². The molecule has 0 aliphatic heterocycles. The zero-order chi connectivity index (χ0) is 15.5. The fraction of sp³-hybridized carbons (Fsp3) is 0.438. The van der Waals surface area contributed by atoms with Crippen LogP contribution in [0, 0.1) is 5.92 Å². The van der Waals surface area contributed by atoms with Crippen LogP contribution in [-0.4, -0.2) is 27.2 Å². The number of carbonyl (C=O) groups is 1. The molecule has 116 valence electrons. The fourth-order valence-corrected chi connectivity index (χ4v) is 3.05. The third kappa shape index (κ3) is 3.14. The van der Waals surface area contributed by atoms with Crippen LogP contribution in [0.4, 0.5) is 0 Å². The van der Waals surface area contributed by atoms with E-state index in [1.165, 1.54) is 0 Å². The predicted molar refractivity (Wildman–Crippen MR) is 84.7 cm³/mol. The van der Waals surface area contributed by atoms with E-state index in [9.17, 15) is 4.79 Å². The summed E-state index contributed by atoms with van der Waals surface area (Å²) in [4.78, 5) is 12.2. The summed E-state index contributed by atoms with van der Waals surface area (Å²) < 4.78 is 1.97. The van der Waals surface area contributed by atoms with Gasteiger partial charge in [-0.15, -0.1) is 10.2 Å². The van der Waals surface area contributed by atoms with Gasteiger partial charge in [-0.2, -0.15) is 0 Å². The summed E-state index contributed by atoms with van der Waals surface area (Å²) in [7, 11) is 0. The molecule has 1 N–H and O–H groups in total. The summed E-state index contributed by atoms with van der Waals surface area (Å²) in [5, 5.41) is 11.7. The number of amides is 1. The maximum Gasteiger partial charge on any atom is 0.223 e. The lowest BCUT2D eigenvalue weighted by Gasteiger charge is -2.07. The molecule has 1 aromatic heterocycles. The molecule has 6 heteroatoms. The summed E-state index contributed by atoms with van der Waals surface area (Å²) in [5.74, 6) is 1.35. The molecule has 0 spiro atoms. The Morgan fingerprint density at radius 1 is 1.45 bits per heavy atom. The minimum absolute atomic E-state index is 0.0476. The van der Waals surface area contributed by atoms with Gasteiger partial charge in [-0.25, -0.2) is 0 Å². The highest BCUT2D eigenvalue weighted by atomic mass is 35.5. The van der Waals surface area contributed by atoms with Gasteiger partial charge in [-0.05, 0) is 24.0 Å². The molecule has 1 aromatic carbocycles. The van der Waals surface area contributed by atoms with Crippen LogP contribution in [-0.2, 0) is 17.8 Å². The van der Waals surface area contributed by atoms with Gasteiger partial charge in [0, 0.05) is 30.5 Å². The van der Waals surface area contributed by atoms with Crippen molar-refractivity contribution < 1.29 is 4.79 Å². The van der Waals surface area contributed by atoms with Gasteiger partial charge in [-0.3, -0.25) is 4.79 Å². The molecule has 3 rings (SSSR count). The molecule has 0 radical (unpaired) electrons. The van der Waals surface area contributed by atoms with Crippen LogP contribution in [0.1, 0.15) is 30.7 Å². The highest BCUT2D eigenvalue weighted by Gasteiger charge is 2.44. The van der Waals surface area contributed by atoms with E-state index in [4.69, 9.17) is 11.6 Å². The summed E-state index contributed by atoms with van der Waals surface area (Å²) in [5.41, 5.74) is 1.08. The van der Waals surface area contributed by atoms with Gasteiger partial charge in [0.15, 0.2) is 0 Å². The topological polar surface area (TPSA) is 59.8 Å². The maximum atomic E-state index is 12.2. The Balaban J connectivity index is 1.49. The highest BCUT2D eigenvalue weighted by Crippen LogP contribution is 2.49. The van der Waals surface area contributed by atoms with Crippen molar-refractivity contribution in [3.05, 3.63) is 47.0 Å². The van der Waals surface area contributed by atoms with Crippen molar-refractivity contribution in [1.82, 2.24) is 20.1 Å². The van der Waals surface area contributed by atoms with Crippen LogP contribution in [0.3, 0.4) is 0 Å². The second kappa shape index (κ2) is 6.48. The molecule has 0 bridgehead atoms. The van der Waals surface area contributed by atoms with E-state index in [-0.39, 0.29) is 17.7 Å². The quantitative estimate of drug-likeness (QED) is 0.889. The molecule has 1 amide bonds. The Morgan fingerprint density at radius 3 is 3.05 bits per heavy atom. The highest BCUT2D eigenvalue weighted by molar-refractivity contribution is 6.31. The molecular formula is C16H19ClN4O. The molecule has 0 saturated heterocycles. The first-order valence-corrected chi connectivity index (χ1v) is 7.97. The summed E-state index contributed by atoms with van der Waals surface area (Å²) in [6.45, 7) is 3.33. The molecule has 0 unspecified atom stereocenters. The van der Waals surface area contributed by atoms with E-state index in [1.807, 2.05) is 35.8 Å². The molecule has 1 heterocycles. The first-order valence-electron chi connectivity index (χ1n) is 7.59. The first-order chi connectivity index (χ1) is 10.7. The predicted octanol–water partition coefficient (Wildman–Crippen LogP) is 2.41. The van der Waals surface area contributed by atoms with Crippen LogP contribution in [0.15, 0.2) is 30.6 Å². The van der Waals surface area contributed by atoms with Crippen molar-refractivity contribution in [1.29, 1.82) is 0 Å². The number of benzene rings is 1. The average Bonchev–Trinajstić information content (AvgIpc) is 3.19. The lowest BCUT2D eigenvalue weighted by atomic mass is 10.1. The van der Waals surface area contributed by atoms with Crippen molar-refractivity contribution in [3.63, 3.8) is 0 Å². The van der Waals surface area contributed by atoms with Gasteiger partial charge in [0.05, 0.1) is 0 Å². The van der Waals surface area contributed by atoms with Crippen molar-refractivity contribution >= 4 is 17.5 Å². The molecule has 1 aliphatic rings. The van der Waals surface area contributed by atoms with Crippen LogP contribution in [0.2, 0.25) is 5.02 Å². The second-order valence-electron chi connectivity index (χ2n) is 5.56. The van der Waals surface area contributed by atoms with Crippen molar-refractivity contribution in [2.45, 2.75) is 32.2 Å². The summed E-state index contributed by atoms with van der Waals surface area (Å²) in [6.07, 6.45) is 3.42. The van der Waals surface area contributed by atoms with Gasteiger partial charge >= 0.3 is 0 Å². The van der Waals surface area contributed by atoms with Crippen LogP contribution >= 0.6 is 11.6 Å². The Kier molecular flexibility index (Phi) is 4.43. The van der Waals surface area contributed by atoms with Crippen LogP contribution < -0.4 is 5.32 Å². The standard InChI is InChI=1S/C16H19ClN4O/c1-2-15-20-19-10-21(15)8-7-18-16(22)13-9-12(13)11-5-3-4-6-14(11)17/h3-6,10,12-13H,2,7-9H2,1H3,(H,18,22)/t12-,13+/m0/s1. The third-order valence-electron chi connectivity index (χ3n) is 4.10.